The highest BCUT2D eigenvalue weighted by Crippen LogP contribution is 2.45. The number of benzene rings is 1. The summed E-state index contributed by atoms with van der Waals surface area (Å²) in [5.41, 5.74) is 0.565. The molecule has 1 saturated carbocycles. The highest BCUT2D eigenvalue weighted by molar-refractivity contribution is 7.85. The van der Waals surface area contributed by atoms with Crippen LogP contribution in [0.3, 0.4) is 0 Å². The van der Waals surface area contributed by atoms with Crippen molar-refractivity contribution in [1.82, 2.24) is 9.62 Å². The molecule has 0 saturated heterocycles. The van der Waals surface area contributed by atoms with Gasteiger partial charge in [0, 0.05) is 13.2 Å². The Morgan fingerprint density at radius 2 is 2.07 bits per heavy atom. The Bertz CT molecular complexity index is 873. The molecule has 29 heavy (non-hydrogen) atoms. The van der Waals surface area contributed by atoms with Gasteiger partial charge in [0.15, 0.2) is 12.1 Å². The lowest BCUT2D eigenvalue weighted by Gasteiger charge is -2.31. The van der Waals surface area contributed by atoms with Crippen molar-refractivity contribution in [2.45, 2.75) is 43.3 Å². The first kappa shape index (κ1) is 21.7. The van der Waals surface area contributed by atoms with Crippen LogP contribution >= 0.6 is 0 Å². The Balaban J connectivity index is 1.85. The van der Waals surface area contributed by atoms with Crippen molar-refractivity contribution in [3.05, 3.63) is 53.0 Å². The van der Waals surface area contributed by atoms with Crippen molar-refractivity contribution >= 4 is 16.7 Å². The fourth-order valence-corrected chi connectivity index (χ4v) is 4.53. The molecule has 0 spiro atoms. The van der Waals surface area contributed by atoms with E-state index in [1.165, 1.54) is 30.3 Å². The zero-order valence-corrected chi connectivity index (χ0v) is 17.0. The molecule has 160 valence electrons. The number of rotatable bonds is 8. The molecule has 0 aromatic heterocycles. The average molecular weight is 429 g/mol. The molecule has 1 aliphatic carbocycles. The van der Waals surface area contributed by atoms with Gasteiger partial charge >= 0.3 is 0 Å². The predicted octanol–water partition coefficient (Wildman–Crippen LogP) is 1.36. The summed E-state index contributed by atoms with van der Waals surface area (Å²) < 4.78 is 44.0. The highest BCUT2D eigenvalue weighted by atomic mass is 32.2. The van der Waals surface area contributed by atoms with Crippen LogP contribution in [0.5, 0.6) is 0 Å². The van der Waals surface area contributed by atoms with Gasteiger partial charge in [0.25, 0.3) is 0 Å². The van der Waals surface area contributed by atoms with Gasteiger partial charge in [0.1, 0.15) is 22.5 Å². The zero-order valence-electron chi connectivity index (χ0n) is 16.2. The third-order valence-electron chi connectivity index (χ3n) is 5.06. The summed E-state index contributed by atoms with van der Waals surface area (Å²) in [6.45, 7) is 1.28. The van der Waals surface area contributed by atoms with Gasteiger partial charge in [-0.15, -0.1) is 0 Å². The number of aryl methyl sites for hydroxylation is 1. The lowest BCUT2D eigenvalue weighted by atomic mass is 10.1. The van der Waals surface area contributed by atoms with Crippen LogP contribution in [-0.4, -0.2) is 55.2 Å². The van der Waals surface area contributed by atoms with E-state index in [9.17, 15) is 23.2 Å². The molecule has 1 aromatic carbocycles. The van der Waals surface area contributed by atoms with E-state index in [1.807, 2.05) is 0 Å². The third-order valence-corrected chi connectivity index (χ3v) is 6.83. The van der Waals surface area contributed by atoms with Crippen LogP contribution < -0.4 is 10.0 Å². The normalized spacial score (nSPS) is 22.8. The molecule has 5 N–H and O–H groups in total. The van der Waals surface area contributed by atoms with Crippen molar-refractivity contribution < 1.29 is 28.3 Å². The van der Waals surface area contributed by atoms with Crippen LogP contribution in [0.1, 0.15) is 24.8 Å². The molecule has 3 rings (SSSR count). The van der Waals surface area contributed by atoms with Crippen molar-refractivity contribution in [3.63, 3.8) is 0 Å². The average Bonchev–Trinajstić information content (AvgIpc) is 3.45. The number of hydrogen-bond donors (Lipinski definition) is 5. The van der Waals surface area contributed by atoms with E-state index in [0.29, 0.717) is 18.4 Å². The Morgan fingerprint density at radius 1 is 1.38 bits per heavy atom. The standard InChI is InChI=1S/C19H25F2N3O4S/c1-11-3-4-14(13(20)7-11)22-17-15(9-24(2)18(27)16(17)21)23-29(28)19(5-6-19)8-12(26)10-25/h3-4,7,9,12,18,22-23,25-27H,5-6,8,10H2,1-2H3. The number of hydrogen-bond acceptors (Lipinski definition) is 6. The number of aliphatic hydroxyl groups is 3. The second-order valence-electron chi connectivity index (χ2n) is 7.51. The van der Waals surface area contributed by atoms with Crippen molar-refractivity contribution in [1.29, 1.82) is 0 Å². The summed E-state index contributed by atoms with van der Waals surface area (Å²) in [7, 11) is -0.255. The monoisotopic (exact) mass is 429 g/mol. The van der Waals surface area contributed by atoms with Crippen LogP contribution in [0.2, 0.25) is 0 Å². The lowest BCUT2D eigenvalue weighted by molar-refractivity contribution is 0.0623. The minimum Gasteiger partial charge on any atom is -0.394 e. The fraction of sp³-hybridized carbons (Fsp3) is 0.474. The summed E-state index contributed by atoms with van der Waals surface area (Å²) in [5, 5.41) is 31.5. The molecule has 0 bridgehead atoms. The van der Waals surface area contributed by atoms with Crippen LogP contribution in [0, 0.1) is 12.7 Å². The molecule has 0 radical (unpaired) electrons. The summed E-state index contributed by atoms with van der Waals surface area (Å²) >= 11 is 0. The minimum atomic E-state index is -1.70. The minimum absolute atomic E-state index is 0.00724. The fourth-order valence-electron chi connectivity index (χ4n) is 3.14. The van der Waals surface area contributed by atoms with E-state index in [-0.39, 0.29) is 23.5 Å². The molecule has 0 amide bonds. The number of anilines is 1. The predicted molar refractivity (Wildman–Crippen MR) is 106 cm³/mol. The first-order chi connectivity index (χ1) is 13.7. The van der Waals surface area contributed by atoms with E-state index in [1.54, 1.807) is 13.0 Å². The van der Waals surface area contributed by atoms with Crippen molar-refractivity contribution in [3.8, 4) is 0 Å². The molecular formula is C19H25F2N3O4S. The molecule has 2 aliphatic rings. The van der Waals surface area contributed by atoms with E-state index in [4.69, 9.17) is 5.11 Å². The van der Waals surface area contributed by atoms with Crippen molar-refractivity contribution in [2.24, 2.45) is 0 Å². The Kier molecular flexibility index (Phi) is 6.27. The van der Waals surface area contributed by atoms with Gasteiger partial charge in [0.05, 0.1) is 28.8 Å². The SMILES string of the molecule is Cc1ccc(NC2=C(F)C(O)N(C)C=C2NS(=O)C2(CC(O)CO)CC2)c(F)c1. The maximum atomic E-state index is 14.8. The maximum absolute atomic E-state index is 14.8. The smallest absolute Gasteiger partial charge is 0.181 e. The van der Waals surface area contributed by atoms with E-state index in [0.717, 1.165) is 0 Å². The highest BCUT2D eigenvalue weighted by Gasteiger charge is 2.50. The molecule has 1 aromatic rings. The largest absolute Gasteiger partial charge is 0.394 e. The Labute approximate surface area is 170 Å². The van der Waals surface area contributed by atoms with Gasteiger partial charge in [-0.1, -0.05) is 6.07 Å². The van der Waals surface area contributed by atoms with Crippen LogP contribution in [-0.2, 0) is 11.0 Å². The molecule has 3 unspecified atom stereocenters. The molecule has 7 nitrogen and oxygen atoms in total. The zero-order chi connectivity index (χ0) is 21.3. The molecule has 1 heterocycles. The third kappa shape index (κ3) is 4.61. The summed E-state index contributed by atoms with van der Waals surface area (Å²) in [4.78, 5) is 1.19. The summed E-state index contributed by atoms with van der Waals surface area (Å²) in [6.07, 6.45) is 0.0962. The van der Waals surface area contributed by atoms with E-state index >= 15 is 0 Å². The van der Waals surface area contributed by atoms with E-state index in [2.05, 4.69) is 10.0 Å². The summed E-state index contributed by atoms with van der Waals surface area (Å²) in [6, 6.07) is 4.39. The number of nitrogens with one attached hydrogen (secondary N) is 2. The van der Waals surface area contributed by atoms with Gasteiger partial charge in [0.2, 0.25) is 0 Å². The quantitative estimate of drug-likeness (QED) is 0.428. The first-order valence-corrected chi connectivity index (χ1v) is 10.3. The lowest BCUT2D eigenvalue weighted by Crippen LogP contribution is -2.39. The molecular weight excluding hydrogens is 404 g/mol. The Morgan fingerprint density at radius 3 is 2.66 bits per heavy atom. The maximum Gasteiger partial charge on any atom is 0.181 e. The van der Waals surface area contributed by atoms with Gasteiger partial charge in [-0.2, -0.15) is 0 Å². The topological polar surface area (TPSA) is 105 Å². The number of likely N-dealkylation sites (N-methyl/N-ethyl adjacent to an activating group) is 1. The molecule has 1 fully saturated rings. The van der Waals surface area contributed by atoms with Gasteiger partial charge in [-0.25, -0.2) is 13.0 Å². The van der Waals surface area contributed by atoms with Crippen LogP contribution in [0.15, 0.2) is 41.6 Å². The summed E-state index contributed by atoms with van der Waals surface area (Å²) in [5.74, 6) is -1.54. The second-order valence-corrected chi connectivity index (χ2v) is 9.12. The van der Waals surface area contributed by atoms with Gasteiger partial charge in [-0.05, 0) is 43.9 Å². The van der Waals surface area contributed by atoms with Crippen LogP contribution in [0.25, 0.3) is 0 Å². The number of nitrogens with zero attached hydrogens (tertiary/aromatic N) is 1. The van der Waals surface area contributed by atoms with Gasteiger partial charge < -0.3 is 30.3 Å². The van der Waals surface area contributed by atoms with Gasteiger partial charge in [-0.3, -0.25) is 0 Å². The molecule has 10 heteroatoms. The number of halogens is 2. The number of aliphatic hydroxyl groups excluding tert-OH is 3. The van der Waals surface area contributed by atoms with E-state index < -0.39 is 46.3 Å². The first-order valence-electron chi connectivity index (χ1n) is 9.19. The van der Waals surface area contributed by atoms with Crippen LogP contribution in [0.4, 0.5) is 14.5 Å². The second kappa shape index (κ2) is 8.39. The Hall–Kier alpha value is -2.01. The molecule has 3 atom stereocenters. The van der Waals surface area contributed by atoms with Crippen molar-refractivity contribution in [2.75, 3.05) is 19.0 Å². The molecule has 1 aliphatic heterocycles.